The third-order valence-electron chi connectivity index (χ3n) is 5.93. The van der Waals surface area contributed by atoms with E-state index in [-0.39, 0.29) is 32.3 Å². The van der Waals surface area contributed by atoms with Gasteiger partial charge in [-0.05, 0) is 17.1 Å². The Morgan fingerprint density at radius 1 is 1.26 bits per heavy atom. The maximum absolute atomic E-state index is 2.96. The van der Waals surface area contributed by atoms with E-state index in [4.69, 9.17) is 0 Å². The highest BCUT2D eigenvalue weighted by Crippen LogP contribution is 2.18. The minimum absolute atomic E-state index is 0.0321. The molecule has 0 aromatic rings. The van der Waals surface area contributed by atoms with Crippen molar-refractivity contribution in [2.24, 2.45) is 0 Å². The van der Waals surface area contributed by atoms with E-state index in [0.29, 0.717) is 27.6 Å². The Balaban J connectivity index is 2.54. The first-order valence-electron chi connectivity index (χ1n) is 8.95. The zero-order valence-electron chi connectivity index (χ0n) is 14.4. The maximum Gasteiger partial charge on any atom is 0.0274 e. The molecule has 6 atom stereocenters. The Morgan fingerprint density at radius 2 is 1.95 bits per heavy atom. The van der Waals surface area contributed by atoms with Crippen LogP contribution in [0.1, 0.15) is 0 Å². The summed E-state index contributed by atoms with van der Waals surface area (Å²) in [5, 5.41) is 3.05. The Labute approximate surface area is 144 Å². The summed E-state index contributed by atoms with van der Waals surface area (Å²) < 4.78 is 0. The monoisotopic (exact) mass is 442 g/mol. The molecule has 0 N–H and O–H groups in total. The van der Waals surface area contributed by atoms with Crippen LogP contribution in [0.2, 0.25) is 47.9 Å². The van der Waals surface area contributed by atoms with Crippen molar-refractivity contribution in [3.63, 3.8) is 0 Å². The van der Waals surface area contributed by atoms with Gasteiger partial charge in [-0.3, -0.25) is 0 Å². The van der Waals surface area contributed by atoms with Crippen LogP contribution in [0.5, 0.6) is 0 Å². The summed E-state index contributed by atoms with van der Waals surface area (Å²) in [6.07, 6.45) is 0. The van der Waals surface area contributed by atoms with Crippen LogP contribution >= 0.6 is 0 Å². The summed E-state index contributed by atoms with van der Waals surface area (Å²) in [5.74, 6) is 0. The molecule has 0 nitrogen and oxygen atoms in total. The Morgan fingerprint density at radius 3 is 2.58 bits per heavy atom. The molecular formula is C8H38Si11. The van der Waals surface area contributed by atoms with Gasteiger partial charge in [0.2, 0.25) is 0 Å². The first kappa shape index (κ1) is 19.4. The van der Waals surface area contributed by atoms with E-state index < -0.39 is 0 Å². The lowest BCUT2D eigenvalue weighted by atomic mass is 10.9. The van der Waals surface area contributed by atoms with E-state index in [9.17, 15) is 0 Å². The van der Waals surface area contributed by atoms with Crippen LogP contribution in [0.25, 0.3) is 0 Å². The van der Waals surface area contributed by atoms with Crippen molar-refractivity contribution in [1.82, 2.24) is 0 Å². The highest BCUT2D eigenvalue weighted by molar-refractivity contribution is 7.83. The number of hydrogen-bond acceptors (Lipinski definition) is 0. The molecule has 0 spiro atoms. The van der Waals surface area contributed by atoms with Gasteiger partial charge in [0.15, 0.2) is 0 Å². The summed E-state index contributed by atoms with van der Waals surface area (Å²) in [6, 6.07) is 0. The molecule has 1 saturated heterocycles. The van der Waals surface area contributed by atoms with Crippen LogP contribution in [0.4, 0.5) is 0 Å². The van der Waals surface area contributed by atoms with E-state index in [0.717, 1.165) is 17.1 Å². The fourth-order valence-corrected chi connectivity index (χ4v) is 260. The fourth-order valence-electron chi connectivity index (χ4n) is 4.50. The van der Waals surface area contributed by atoms with Gasteiger partial charge < -0.3 is 0 Å². The second-order valence-electron chi connectivity index (χ2n) is 7.87. The summed E-state index contributed by atoms with van der Waals surface area (Å²) in [7, 11) is 6.32. The van der Waals surface area contributed by atoms with E-state index in [1.165, 1.54) is 10.3 Å². The zero-order valence-corrected chi connectivity index (χ0v) is 30.1. The molecule has 19 heavy (non-hydrogen) atoms. The van der Waals surface area contributed by atoms with E-state index in [2.05, 4.69) is 26.2 Å². The van der Waals surface area contributed by atoms with Gasteiger partial charge >= 0.3 is 0 Å². The molecule has 114 valence electrons. The van der Waals surface area contributed by atoms with E-state index in [1.807, 2.05) is 11.3 Å². The third-order valence-corrected chi connectivity index (χ3v) is 153. The zero-order chi connectivity index (χ0) is 14.4. The fraction of sp³-hybridized carbons (Fsp3) is 1.00. The lowest BCUT2D eigenvalue weighted by Gasteiger charge is -2.33. The van der Waals surface area contributed by atoms with Gasteiger partial charge in [-0.2, -0.15) is 0 Å². The van der Waals surface area contributed by atoms with Crippen molar-refractivity contribution < 1.29 is 0 Å². The van der Waals surface area contributed by atoms with Crippen LogP contribution in [0, 0.1) is 0 Å². The van der Waals surface area contributed by atoms with Crippen molar-refractivity contribution in [2.45, 2.75) is 47.9 Å². The predicted octanol–water partition coefficient (Wildman–Crippen LogP) is -5.61. The van der Waals surface area contributed by atoms with E-state index in [1.54, 1.807) is 20.5 Å². The molecule has 0 bridgehead atoms. The van der Waals surface area contributed by atoms with Crippen LogP contribution in [-0.4, -0.2) is 97.5 Å². The van der Waals surface area contributed by atoms with Crippen molar-refractivity contribution >= 4 is 97.5 Å². The Hall–Kier alpha value is 2.39. The maximum atomic E-state index is 2.96. The second kappa shape index (κ2) is 10.2. The molecule has 0 amide bonds. The van der Waals surface area contributed by atoms with Gasteiger partial charge in [-0.15, -0.1) is 0 Å². The number of rotatable bonds is 5. The van der Waals surface area contributed by atoms with Gasteiger partial charge in [0.1, 0.15) is 0 Å². The smallest absolute Gasteiger partial charge is 0.0274 e. The SMILES string of the molecule is C[SiH2]C[SiH](C)C[SiH](C)[SiH]1[SiH2][SiH2][SiH2]C([SiH3])C([SiH3])[SiH2][SiH]1C. The first-order chi connectivity index (χ1) is 8.95. The number of hydrogen-bond donors (Lipinski definition) is 0. The lowest BCUT2D eigenvalue weighted by Crippen LogP contribution is -2.59. The molecule has 1 fully saturated rings. The summed E-state index contributed by atoms with van der Waals surface area (Å²) in [4.78, 5) is 0. The molecule has 1 heterocycles. The van der Waals surface area contributed by atoms with Crippen LogP contribution in [0.15, 0.2) is 0 Å². The minimum atomic E-state index is -0.152. The third kappa shape index (κ3) is 7.00. The topological polar surface area (TPSA) is 0 Å². The summed E-state index contributed by atoms with van der Waals surface area (Å²) in [5.41, 5.74) is 3.80. The van der Waals surface area contributed by atoms with Gasteiger partial charge in [0.05, 0.1) is 0 Å². The Kier molecular flexibility index (Phi) is 10.4. The molecule has 11 heteroatoms. The molecular weight excluding hydrogens is 405 g/mol. The quantitative estimate of drug-likeness (QED) is 0.372. The van der Waals surface area contributed by atoms with Crippen LogP contribution in [0.3, 0.4) is 0 Å². The van der Waals surface area contributed by atoms with E-state index >= 15 is 0 Å². The van der Waals surface area contributed by atoms with Crippen molar-refractivity contribution in [2.75, 3.05) is 0 Å². The Bertz CT molecular complexity index is 251. The highest BCUT2D eigenvalue weighted by Gasteiger charge is 2.32. The molecule has 0 aromatic heterocycles. The van der Waals surface area contributed by atoms with Crippen LogP contribution in [-0.2, 0) is 0 Å². The summed E-state index contributed by atoms with van der Waals surface area (Å²) >= 11 is 0. The molecule has 1 rings (SSSR count). The predicted molar refractivity (Wildman–Crippen MR) is 132 cm³/mol. The first-order valence-corrected chi connectivity index (χ1v) is 41.1. The summed E-state index contributed by atoms with van der Waals surface area (Å²) in [6.45, 7) is 11.2. The normalized spacial score (nSPS) is 42.3. The largest absolute Gasteiger partial charge is 0.0768 e. The van der Waals surface area contributed by atoms with Gasteiger partial charge in [0.25, 0.3) is 0 Å². The second-order valence-corrected chi connectivity index (χ2v) is 79.7. The molecule has 0 saturated carbocycles. The highest BCUT2D eigenvalue weighted by atomic mass is 30.1. The molecule has 0 aromatic carbocycles. The van der Waals surface area contributed by atoms with Crippen molar-refractivity contribution in [3.8, 4) is 0 Å². The van der Waals surface area contributed by atoms with Crippen LogP contribution < -0.4 is 0 Å². The van der Waals surface area contributed by atoms with Crippen molar-refractivity contribution in [3.05, 3.63) is 0 Å². The minimum Gasteiger partial charge on any atom is -0.0768 e. The average molecular weight is 443 g/mol. The van der Waals surface area contributed by atoms with Gasteiger partial charge in [-0.1, -0.05) is 47.9 Å². The average Bonchev–Trinajstić information content (AvgIpc) is 2.32. The van der Waals surface area contributed by atoms with Gasteiger partial charge in [0, 0.05) is 80.4 Å². The molecule has 1 aliphatic heterocycles. The van der Waals surface area contributed by atoms with Crippen molar-refractivity contribution in [1.29, 1.82) is 0 Å². The molecule has 0 aliphatic carbocycles. The standard InChI is InChI=1S/C8H38Si11/c1-11-5-16(2)6-17(3)19-15-14-12-7(9)8(10)13-18(19)4/h7-8,16-19H,5-6,11-15H2,1-4,9-10H3. The lowest BCUT2D eigenvalue weighted by molar-refractivity contribution is 1.24. The van der Waals surface area contributed by atoms with Gasteiger partial charge in [-0.25, -0.2) is 0 Å². The molecule has 6 unspecified atom stereocenters. The molecule has 0 radical (unpaired) electrons. The molecule has 1 aliphatic rings.